The number of carbonyl (C=O) groups is 2. The van der Waals surface area contributed by atoms with Crippen molar-refractivity contribution in [2.75, 3.05) is 30.7 Å². The monoisotopic (exact) mass is 674 g/mol. The number of piperidine rings is 1. The molecular weight excluding hydrogens is 638 g/mol. The van der Waals surface area contributed by atoms with Gasteiger partial charge in [-0.05, 0) is 78.0 Å². The van der Waals surface area contributed by atoms with Gasteiger partial charge in [-0.1, -0.05) is 67.1 Å². The first-order chi connectivity index (χ1) is 20.9. The van der Waals surface area contributed by atoms with Gasteiger partial charge >= 0.3 is 0 Å². The van der Waals surface area contributed by atoms with Crippen molar-refractivity contribution in [2.45, 2.75) is 62.8 Å². The third kappa shape index (κ3) is 6.19. The van der Waals surface area contributed by atoms with Gasteiger partial charge in [0, 0.05) is 49.5 Å². The molecule has 1 fully saturated rings. The maximum absolute atomic E-state index is 15.3. The van der Waals surface area contributed by atoms with Crippen molar-refractivity contribution >= 4 is 60.4 Å². The SMILES string of the molecule is Cc1ccc(F)cc1[C@H]1N(CCCCl)C(=O)C[C@@H](c2cccc(Cl)c2)[C@]12C(=O)N(COCC[Si](C)(C)C)c1cc(Cl)ccc12. The third-order valence-electron chi connectivity index (χ3n) is 8.82. The Kier molecular flexibility index (Phi) is 9.83. The van der Waals surface area contributed by atoms with E-state index in [9.17, 15) is 4.79 Å². The molecule has 0 N–H and O–H groups in total. The highest BCUT2D eigenvalue weighted by Crippen LogP contribution is 2.62. The maximum atomic E-state index is 15.3. The highest BCUT2D eigenvalue weighted by atomic mass is 35.5. The number of nitrogens with zero attached hydrogens (tertiary/aromatic N) is 2. The predicted octanol–water partition coefficient (Wildman–Crippen LogP) is 8.72. The van der Waals surface area contributed by atoms with E-state index < -0.39 is 31.3 Å². The Morgan fingerprint density at radius 3 is 2.48 bits per heavy atom. The molecule has 0 aromatic heterocycles. The summed E-state index contributed by atoms with van der Waals surface area (Å²) < 4.78 is 21.2. The van der Waals surface area contributed by atoms with E-state index in [0.29, 0.717) is 46.7 Å². The van der Waals surface area contributed by atoms with Crippen LogP contribution in [0.5, 0.6) is 0 Å². The maximum Gasteiger partial charge on any atom is 0.242 e. The van der Waals surface area contributed by atoms with Crippen LogP contribution in [0.25, 0.3) is 0 Å². The van der Waals surface area contributed by atoms with Crippen LogP contribution in [0.1, 0.15) is 47.1 Å². The molecule has 5 nitrogen and oxygen atoms in total. The van der Waals surface area contributed by atoms with Crippen molar-refractivity contribution in [1.29, 1.82) is 0 Å². The van der Waals surface area contributed by atoms with Crippen LogP contribution < -0.4 is 4.90 Å². The standard InChI is InChI=1S/C34H38Cl3FN2O3Si/c1-22-9-11-26(38)19-27(22)32-34(29(23-7-5-8-24(36)17-23)20-31(41)39(32)14-6-13-35)28-12-10-25(37)18-30(28)40(33(34)42)21-43-15-16-44(2,3)4/h5,7-12,17-19,29,32H,6,13-16,20-21H2,1-4H3/t29-,32+,34-/m0/s1. The second-order valence-electron chi connectivity index (χ2n) is 13.0. The molecule has 2 amide bonds. The lowest BCUT2D eigenvalue weighted by Gasteiger charge is -2.52. The fourth-order valence-electron chi connectivity index (χ4n) is 6.73. The van der Waals surface area contributed by atoms with Crippen LogP contribution in [0.2, 0.25) is 35.7 Å². The normalized spacial score (nSPS) is 21.8. The van der Waals surface area contributed by atoms with Gasteiger partial charge in [-0.2, -0.15) is 0 Å². The van der Waals surface area contributed by atoms with Crippen molar-refractivity contribution in [3.05, 3.63) is 98.8 Å². The summed E-state index contributed by atoms with van der Waals surface area (Å²) >= 11 is 19.2. The van der Waals surface area contributed by atoms with Gasteiger partial charge in [0.05, 0.1) is 11.7 Å². The van der Waals surface area contributed by atoms with Gasteiger partial charge in [0.2, 0.25) is 11.8 Å². The zero-order valence-corrected chi connectivity index (χ0v) is 28.8. The molecule has 3 aromatic carbocycles. The quantitative estimate of drug-likeness (QED) is 0.123. The van der Waals surface area contributed by atoms with E-state index in [-0.39, 0.29) is 25.0 Å². The molecule has 0 unspecified atom stereocenters. The minimum absolute atomic E-state index is 0.0329. The Hall–Kier alpha value is -2.42. The molecular formula is C34H38Cl3FN2O3Si. The van der Waals surface area contributed by atoms with Gasteiger partial charge in [0.1, 0.15) is 18.0 Å². The van der Waals surface area contributed by atoms with Gasteiger partial charge in [-0.15, -0.1) is 11.6 Å². The Bertz CT molecular complexity index is 1560. The smallest absolute Gasteiger partial charge is 0.242 e. The molecule has 0 saturated carbocycles. The molecule has 5 rings (SSSR count). The summed E-state index contributed by atoms with van der Waals surface area (Å²) in [7, 11) is -1.38. The molecule has 3 atom stereocenters. The van der Waals surface area contributed by atoms with Crippen LogP contribution in [0.3, 0.4) is 0 Å². The average Bonchev–Trinajstić information content (AvgIpc) is 3.19. The van der Waals surface area contributed by atoms with Crippen molar-refractivity contribution < 1.29 is 18.7 Å². The van der Waals surface area contributed by atoms with Crippen LogP contribution in [-0.2, 0) is 19.7 Å². The van der Waals surface area contributed by atoms with Crippen molar-refractivity contribution in [3.8, 4) is 0 Å². The van der Waals surface area contributed by atoms with Gasteiger partial charge in [-0.25, -0.2) is 4.39 Å². The van der Waals surface area contributed by atoms with E-state index in [1.54, 1.807) is 34.1 Å². The fourth-order valence-corrected chi connectivity index (χ4v) is 7.97. The zero-order valence-electron chi connectivity index (χ0n) is 25.5. The number of aryl methyl sites for hydroxylation is 1. The van der Waals surface area contributed by atoms with Crippen LogP contribution >= 0.6 is 34.8 Å². The molecule has 44 heavy (non-hydrogen) atoms. The lowest BCUT2D eigenvalue weighted by molar-refractivity contribution is -0.146. The number of benzene rings is 3. The lowest BCUT2D eigenvalue weighted by atomic mass is 9.58. The number of hydrogen-bond donors (Lipinski definition) is 0. The number of carbonyl (C=O) groups excluding carboxylic acids is 2. The molecule has 10 heteroatoms. The van der Waals surface area contributed by atoms with E-state index in [0.717, 1.165) is 22.7 Å². The Labute approximate surface area is 275 Å². The topological polar surface area (TPSA) is 49.9 Å². The Morgan fingerprint density at radius 1 is 1.02 bits per heavy atom. The molecule has 3 aromatic rings. The molecule has 2 aliphatic heterocycles. The number of anilines is 1. The third-order valence-corrected chi connectivity index (χ3v) is 11.3. The van der Waals surface area contributed by atoms with Crippen LogP contribution in [0.4, 0.5) is 10.1 Å². The number of amides is 2. The fraction of sp³-hybridized carbons (Fsp3) is 0.412. The molecule has 1 spiro atoms. The summed E-state index contributed by atoms with van der Waals surface area (Å²) in [4.78, 5) is 32.9. The number of rotatable bonds is 10. The first kappa shape index (κ1) is 33.0. The first-order valence-corrected chi connectivity index (χ1v) is 19.9. The second-order valence-corrected chi connectivity index (χ2v) is 19.8. The van der Waals surface area contributed by atoms with Gasteiger partial charge in [0.15, 0.2) is 0 Å². The molecule has 1 saturated heterocycles. The number of fused-ring (bicyclic) bond motifs is 2. The van der Waals surface area contributed by atoms with E-state index in [2.05, 4.69) is 19.6 Å². The Morgan fingerprint density at radius 2 is 1.77 bits per heavy atom. The van der Waals surface area contributed by atoms with Crippen LogP contribution in [0, 0.1) is 12.7 Å². The molecule has 2 heterocycles. The van der Waals surface area contributed by atoms with Crippen LogP contribution in [-0.4, -0.2) is 50.6 Å². The van der Waals surface area contributed by atoms with Gasteiger partial charge in [-0.3, -0.25) is 14.5 Å². The molecule has 0 radical (unpaired) electrons. The first-order valence-electron chi connectivity index (χ1n) is 14.9. The molecule has 0 bridgehead atoms. The van der Waals surface area contributed by atoms with Crippen molar-refractivity contribution in [3.63, 3.8) is 0 Å². The summed E-state index contributed by atoms with van der Waals surface area (Å²) in [5.41, 5.74) is 2.15. The van der Waals surface area contributed by atoms with Crippen molar-refractivity contribution in [2.24, 2.45) is 0 Å². The number of halogens is 4. The number of alkyl halides is 1. The summed E-state index contributed by atoms with van der Waals surface area (Å²) in [6.07, 6.45) is 0.576. The number of likely N-dealkylation sites (tertiary alicyclic amines) is 1. The summed E-state index contributed by atoms with van der Waals surface area (Å²) in [6.45, 7) is 9.58. The largest absolute Gasteiger partial charge is 0.361 e. The summed E-state index contributed by atoms with van der Waals surface area (Å²) in [5.74, 6) is -1.06. The van der Waals surface area contributed by atoms with E-state index in [4.69, 9.17) is 39.5 Å². The second kappa shape index (κ2) is 13.1. The summed E-state index contributed by atoms with van der Waals surface area (Å²) in [6, 6.07) is 17.4. The van der Waals surface area contributed by atoms with E-state index >= 15 is 9.18 Å². The number of ether oxygens (including phenoxy) is 1. The van der Waals surface area contributed by atoms with E-state index in [1.165, 1.54) is 12.1 Å². The summed E-state index contributed by atoms with van der Waals surface area (Å²) in [5, 5.41) is 0.978. The predicted molar refractivity (Wildman–Crippen MR) is 179 cm³/mol. The molecule has 0 aliphatic carbocycles. The highest BCUT2D eigenvalue weighted by molar-refractivity contribution is 6.76. The zero-order chi connectivity index (χ0) is 31.8. The highest BCUT2D eigenvalue weighted by Gasteiger charge is 2.65. The minimum atomic E-state index is -1.38. The molecule has 2 aliphatic rings. The van der Waals surface area contributed by atoms with Gasteiger partial charge < -0.3 is 9.64 Å². The average molecular weight is 676 g/mol. The number of hydrogen-bond acceptors (Lipinski definition) is 3. The molecule has 234 valence electrons. The van der Waals surface area contributed by atoms with E-state index in [1.807, 2.05) is 31.2 Å². The van der Waals surface area contributed by atoms with Crippen LogP contribution in [0.15, 0.2) is 60.7 Å². The van der Waals surface area contributed by atoms with Crippen molar-refractivity contribution in [1.82, 2.24) is 4.90 Å². The Balaban J connectivity index is 1.78. The lowest BCUT2D eigenvalue weighted by Crippen LogP contribution is -2.60. The minimum Gasteiger partial charge on any atom is -0.361 e. The van der Waals surface area contributed by atoms with Gasteiger partial charge in [0.25, 0.3) is 0 Å².